The maximum Gasteiger partial charge on any atom is 0.363 e. The van der Waals surface area contributed by atoms with Crippen LogP contribution in [0.3, 0.4) is 0 Å². The Labute approximate surface area is 173 Å². The van der Waals surface area contributed by atoms with E-state index in [0.29, 0.717) is 22.8 Å². The third-order valence-corrected chi connectivity index (χ3v) is 4.46. The molecule has 3 aromatic rings. The van der Waals surface area contributed by atoms with Crippen LogP contribution in [-0.2, 0) is 9.53 Å². The molecule has 0 spiro atoms. The van der Waals surface area contributed by atoms with Crippen molar-refractivity contribution in [2.75, 3.05) is 21.3 Å². The summed E-state index contributed by atoms with van der Waals surface area (Å²) in [6, 6.07) is 13.0. The van der Waals surface area contributed by atoms with Crippen LogP contribution in [0.15, 0.2) is 65.5 Å². The maximum atomic E-state index is 12.4. The largest absolute Gasteiger partial charge is 0.493 e. The summed E-state index contributed by atoms with van der Waals surface area (Å²) in [5.74, 6) is 0.921. The van der Waals surface area contributed by atoms with Gasteiger partial charge in [-0.2, -0.15) is 5.10 Å². The molecule has 1 aliphatic rings. The van der Waals surface area contributed by atoms with Crippen LogP contribution in [0.25, 0.3) is 11.8 Å². The number of para-hydroxylation sites is 1. The summed E-state index contributed by atoms with van der Waals surface area (Å²) < 4.78 is 23.1. The average molecular weight is 405 g/mol. The highest BCUT2D eigenvalue weighted by atomic mass is 16.6. The molecule has 0 unspecified atom stereocenters. The van der Waals surface area contributed by atoms with Crippen molar-refractivity contribution in [1.29, 1.82) is 0 Å². The van der Waals surface area contributed by atoms with E-state index in [-0.39, 0.29) is 11.6 Å². The van der Waals surface area contributed by atoms with Gasteiger partial charge in [0.2, 0.25) is 11.6 Å². The Morgan fingerprint density at radius 2 is 1.70 bits per heavy atom. The Morgan fingerprint density at radius 1 is 1.00 bits per heavy atom. The molecule has 8 nitrogen and oxygen atoms in total. The van der Waals surface area contributed by atoms with E-state index < -0.39 is 5.97 Å². The normalized spacial score (nSPS) is 14.4. The summed E-state index contributed by atoms with van der Waals surface area (Å²) in [6.45, 7) is 0. The van der Waals surface area contributed by atoms with Gasteiger partial charge in [0.15, 0.2) is 17.2 Å². The van der Waals surface area contributed by atoms with Crippen LogP contribution in [-0.4, -0.2) is 43.0 Å². The van der Waals surface area contributed by atoms with Gasteiger partial charge in [0.1, 0.15) is 0 Å². The van der Waals surface area contributed by atoms with Crippen molar-refractivity contribution in [1.82, 2.24) is 9.78 Å². The van der Waals surface area contributed by atoms with Crippen LogP contribution in [0, 0.1) is 0 Å². The molecule has 0 atom stereocenters. The Bertz CT molecular complexity index is 1120. The van der Waals surface area contributed by atoms with Crippen LogP contribution < -0.4 is 14.2 Å². The summed E-state index contributed by atoms with van der Waals surface area (Å²) in [6.07, 6.45) is 5.09. The summed E-state index contributed by atoms with van der Waals surface area (Å²) >= 11 is 0. The molecule has 2 heterocycles. The fraction of sp³-hybridized carbons (Fsp3) is 0.136. The molecule has 4 rings (SSSR count). The minimum absolute atomic E-state index is 0.154. The lowest BCUT2D eigenvalue weighted by molar-refractivity contribution is -0.129. The Balaban J connectivity index is 1.66. The predicted molar refractivity (Wildman–Crippen MR) is 110 cm³/mol. The highest BCUT2D eigenvalue weighted by Gasteiger charge is 2.26. The average Bonchev–Trinajstić information content (AvgIpc) is 3.40. The van der Waals surface area contributed by atoms with Crippen molar-refractivity contribution in [2.24, 2.45) is 4.99 Å². The summed E-state index contributed by atoms with van der Waals surface area (Å²) in [7, 11) is 4.54. The first kappa shape index (κ1) is 19.3. The molecule has 0 bridgehead atoms. The first-order valence-electron chi connectivity index (χ1n) is 9.06. The first-order valence-corrected chi connectivity index (χ1v) is 9.06. The van der Waals surface area contributed by atoms with Crippen molar-refractivity contribution in [3.63, 3.8) is 0 Å². The van der Waals surface area contributed by atoms with Gasteiger partial charge < -0.3 is 18.9 Å². The van der Waals surface area contributed by atoms with E-state index in [1.54, 1.807) is 29.1 Å². The van der Waals surface area contributed by atoms with Gasteiger partial charge in [-0.15, -0.1) is 0 Å². The second kappa shape index (κ2) is 8.12. The Kier molecular flexibility index (Phi) is 5.21. The second-order valence-electron chi connectivity index (χ2n) is 6.30. The third kappa shape index (κ3) is 3.62. The molecule has 0 saturated carbocycles. The van der Waals surface area contributed by atoms with Gasteiger partial charge >= 0.3 is 5.97 Å². The van der Waals surface area contributed by atoms with Gasteiger partial charge in [-0.05, 0) is 30.3 Å². The lowest BCUT2D eigenvalue weighted by Crippen LogP contribution is -2.06. The Morgan fingerprint density at radius 3 is 2.33 bits per heavy atom. The van der Waals surface area contributed by atoms with Crippen LogP contribution in [0.1, 0.15) is 11.1 Å². The van der Waals surface area contributed by atoms with E-state index in [1.165, 1.54) is 21.3 Å². The fourth-order valence-electron chi connectivity index (χ4n) is 3.03. The van der Waals surface area contributed by atoms with Crippen molar-refractivity contribution in [3.05, 3.63) is 71.7 Å². The van der Waals surface area contributed by atoms with E-state index in [4.69, 9.17) is 18.9 Å². The monoisotopic (exact) mass is 405 g/mol. The third-order valence-electron chi connectivity index (χ3n) is 4.46. The van der Waals surface area contributed by atoms with E-state index in [9.17, 15) is 4.79 Å². The number of ether oxygens (including phenoxy) is 4. The molecule has 8 heteroatoms. The Hall–Kier alpha value is -4.07. The van der Waals surface area contributed by atoms with Crippen LogP contribution >= 0.6 is 0 Å². The van der Waals surface area contributed by atoms with E-state index in [1.807, 2.05) is 36.5 Å². The van der Waals surface area contributed by atoms with E-state index >= 15 is 0 Å². The van der Waals surface area contributed by atoms with Crippen LogP contribution in [0.5, 0.6) is 17.2 Å². The molecule has 1 aliphatic heterocycles. The van der Waals surface area contributed by atoms with Crippen molar-refractivity contribution in [2.45, 2.75) is 0 Å². The zero-order chi connectivity index (χ0) is 21.1. The highest BCUT2D eigenvalue weighted by molar-refractivity contribution is 6.13. The first-order chi connectivity index (χ1) is 14.6. The number of methoxy groups -OCH3 is 3. The van der Waals surface area contributed by atoms with Gasteiger partial charge in [-0.25, -0.2) is 14.5 Å². The van der Waals surface area contributed by atoms with Crippen molar-refractivity contribution < 1.29 is 23.7 Å². The molecule has 2 aromatic carbocycles. The predicted octanol–water partition coefficient (Wildman–Crippen LogP) is 3.24. The number of nitrogens with zero attached hydrogens (tertiary/aromatic N) is 3. The standard InChI is InChI=1S/C22H19N3O5/c1-27-18-10-15(11-19(28-2)20(18)29-3)21-24-17(22(26)30-21)9-14-12-23-25(13-14)16-7-5-4-6-8-16/h4-13H,1-3H3/b17-9-. The molecule has 0 fully saturated rings. The number of carbonyl (C=O) groups is 1. The number of rotatable bonds is 6. The topological polar surface area (TPSA) is 84.2 Å². The molecule has 0 amide bonds. The van der Waals surface area contributed by atoms with Gasteiger partial charge in [0.05, 0.1) is 33.2 Å². The van der Waals surface area contributed by atoms with Crippen LogP contribution in [0.4, 0.5) is 0 Å². The van der Waals surface area contributed by atoms with Gasteiger partial charge in [-0.1, -0.05) is 18.2 Å². The zero-order valence-electron chi connectivity index (χ0n) is 16.7. The van der Waals surface area contributed by atoms with E-state index in [0.717, 1.165) is 11.3 Å². The molecule has 0 saturated heterocycles. The summed E-state index contributed by atoms with van der Waals surface area (Å²) in [4.78, 5) is 16.7. The smallest absolute Gasteiger partial charge is 0.363 e. The van der Waals surface area contributed by atoms with Gasteiger partial charge in [-0.3, -0.25) is 0 Å². The van der Waals surface area contributed by atoms with Gasteiger partial charge in [0, 0.05) is 17.3 Å². The number of cyclic esters (lactones) is 1. The lowest BCUT2D eigenvalue weighted by Gasteiger charge is -2.13. The molecular weight excluding hydrogens is 386 g/mol. The van der Waals surface area contributed by atoms with Crippen LogP contribution in [0.2, 0.25) is 0 Å². The summed E-state index contributed by atoms with van der Waals surface area (Å²) in [5, 5.41) is 4.32. The number of hydrogen-bond donors (Lipinski definition) is 0. The molecule has 0 radical (unpaired) electrons. The minimum atomic E-state index is -0.550. The van der Waals surface area contributed by atoms with E-state index in [2.05, 4.69) is 10.1 Å². The number of carbonyl (C=O) groups excluding carboxylic acids is 1. The quantitative estimate of drug-likeness (QED) is 0.462. The summed E-state index contributed by atoms with van der Waals surface area (Å²) in [5.41, 5.74) is 2.34. The molecule has 152 valence electrons. The number of aromatic nitrogens is 2. The second-order valence-corrected chi connectivity index (χ2v) is 6.30. The maximum absolute atomic E-state index is 12.4. The van der Waals surface area contributed by atoms with Crippen molar-refractivity contribution in [3.8, 4) is 22.9 Å². The molecule has 0 N–H and O–H groups in total. The van der Waals surface area contributed by atoms with Crippen molar-refractivity contribution >= 4 is 17.9 Å². The highest BCUT2D eigenvalue weighted by Crippen LogP contribution is 2.39. The van der Waals surface area contributed by atoms with Gasteiger partial charge in [0.25, 0.3) is 0 Å². The molecule has 30 heavy (non-hydrogen) atoms. The number of aliphatic imine (C=N–C) groups is 1. The number of esters is 1. The fourth-order valence-corrected chi connectivity index (χ4v) is 3.03. The zero-order valence-corrected chi connectivity index (χ0v) is 16.7. The molecule has 0 aliphatic carbocycles. The number of hydrogen-bond acceptors (Lipinski definition) is 7. The molecular formula is C22H19N3O5. The lowest BCUT2D eigenvalue weighted by atomic mass is 10.1. The SMILES string of the molecule is COc1cc(C2=N/C(=C\c3cnn(-c4ccccc4)c3)C(=O)O2)cc(OC)c1OC. The molecule has 1 aromatic heterocycles. The number of benzene rings is 2. The minimum Gasteiger partial charge on any atom is -0.493 e.